The molecule has 9 heteroatoms. The number of aryl methyl sites for hydroxylation is 1. The van der Waals surface area contributed by atoms with E-state index in [1.165, 1.54) is 17.0 Å². The predicted molar refractivity (Wildman–Crippen MR) is 125 cm³/mol. The van der Waals surface area contributed by atoms with Gasteiger partial charge in [0.05, 0.1) is 16.4 Å². The van der Waals surface area contributed by atoms with Gasteiger partial charge in [0.2, 0.25) is 0 Å². The van der Waals surface area contributed by atoms with Crippen molar-refractivity contribution in [2.45, 2.75) is 57.0 Å². The number of hydrogen-bond acceptors (Lipinski definition) is 5. The summed E-state index contributed by atoms with van der Waals surface area (Å²) < 4.78 is 51.7. The summed E-state index contributed by atoms with van der Waals surface area (Å²) >= 11 is 0. The van der Waals surface area contributed by atoms with Crippen LogP contribution in [0.5, 0.6) is 0 Å². The van der Waals surface area contributed by atoms with E-state index in [2.05, 4.69) is 25.5 Å². The number of amides is 2. The summed E-state index contributed by atoms with van der Waals surface area (Å²) in [5.74, 6) is -0.194. The lowest BCUT2D eigenvalue weighted by atomic mass is 9.87. The lowest BCUT2D eigenvalue weighted by molar-refractivity contribution is 0.182. The Hall–Kier alpha value is -2.39. The first-order valence-electron chi connectivity index (χ1n) is 10.5. The monoisotopic (exact) mass is 478 g/mol. The number of rotatable bonds is 5. The van der Waals surface area contributed by atoms with Crippen molar-refractivity contribution in [3.05, 3.63) is 65.2 Å². The summed E-state index contributed by atoms with van der Waals surface area (Å²) in [5, 5.41) is 0. The Morgan fingerprint density at radius 2 is 1.66 bits per heavy atom. The molecule has 1 heterocycles. The number of carbonyl (C=O) groups is 1. The van der Waals surface area contributed by atoms with Crippen molar-refractivity contribution >= 4 is 25.9 Å². The molecule has 2 amide bonds. The minimum atomic E-state index is -4.09. The van der Waals surface area contributed by atoms with E-state index in [0.717, 1.165) is 16.7 Å². The topological polar surface area (TPSA) is 101 Å². The van der Waals surface area contributed by atoms with E-state index in [4.69, 9.17) is 0 Å². The van der Waals surface area contributed by atoms with Crippen molar-refractivity contribution < 1.29 is 21.6 Å². The largest absolute Gasteiger partial charge is 0.331 e. The molecule has 0 spiro atoms. The van der Waals surface area contributed by atoms with Crippen LogP contribution in [-0.2, 0) is 31.8 Å². The van der Waals surface area contributed by atoms with Crippen molar-refractivity contribution in [1.29, 1.82) is 0 Å². The molecule has 1 saturated heterocycles. The third-order valence-corrected chi connectivity index (χ3v) is 8.72. The third kappa shape index (κ3) is 5.89. The summed E-state index contributed by atoms with van der Waals surface area (Å²) in [6, 6.07) is 12.5. The molecule has 0 radical (unpaired) electrons. The maximum atomic E-state index is 13.1. The molecule has 1 aliphatic rings. The van der Waals surface area contributed by atoms with Crippen LogP contribution in [0.2, 0.25) is 0 Å². The van der Waals surface area contributed by atoms with Gasteiger partial charge in [-0.15, -0.1) is 0 Å². The fourth-order valence-electron chi connectivity index (χ4n) is 3.64. The average molecular weight is 479 g/mol. The van der Waals surface area contributed by atoms with Gasteiger partial charge in [0.15, 0.2) is 9.84 Å². The first-order valence-corrected chi connectivity index (χ1v) is 13.8. The summed E-state index contributed by atoms with van der Waals surface area (Å²) in [5.41, 5.74) is 2.79. The van der Waals surface area contributed by atoms with Crippen LogP contribution >= 0.6 is 0 Å². The zero-order chi connectivity index (χ0) is 23.7. The van der Waals surface area contributed by atoms with Gasteiger partial charge in [0.25, 0.3) is 10.0 Å². The molecule has 174 valence electrons. The van der Waals surface area contributed by atoms with E-state index < -0.39 is 31.9 Å². The lowest BCUT2D eigenvalue weighted by Gasteiger charge is -2.29. The molecule has 0 aromatic heterocycles. The number of nitrogens with one attached hydrogen (secondary N) is 1. The molecule has 32 heavy (non-hydrogen) atoms. The summed E-state index contributed by atoms with van der Waals surface area (Å²) in [4.78, 5) is 14.4. The van der Waals surface area contributed by atoms with Crippen LogP contribution in [0.25, 0.3) is 0 Å². The van der Waals surface area contributed by atoms with E-state index in [1.54, 1.807) is 12.1 Å². The molecule has 1 N–H and O–H groups in total. The second kappa shape index (κ2) is 8.86. The quantitative estimate of drug-likeness (QED) is 0.710. The highest BCUT2D eigenvalue weighted by atomic mass is 32.2. The minimum Gasteiger partial charge on any atom is -0.316 e. The Bertz CT molecular complexity index is 1180. The number of benzene rings is 2. The minimum absolute atomic E-state index is 0.0187. The standard InChI is InChI=1S/C23H30N2O5S2/c1-17-5-11-21(12-6-17)32(29,30)24-22(26)25(20-13-14-31(27,28)16-20)15-18-7-9-19(10-8-18)23(2,3)4/h5-12,20H,13-16H2,1-4H3,(H,24,26). The van der Waals surface area contributed by atoms with Crippen LogP contribution in [0.1, 0.15) is 43.9 Å². The first-order chi connectivity index (χ1) is 14.8. The molecule has 3 rings (SSSR count). The number of carbonyl (C=O) groups excluding carboxylic acids is 1. The van der Waals surface area contributed by atoms with Crippen LogP contribution in [0.3, 0.4) is 0 Å². The molecule has 1 fully saturated rings. The third-order valence-electron chi connectivity index (χ3n) is 5.64. The Labute approximate surface area is 190 Å². The number of sulfone groups is 1. The van der Waals surface area contributed by atoms with Crippen molar-refractivity contribution in [3.8, 4) is 0 Å². The van der Waals surface area contributed by atoms with Gasteiger partial charge >= 0.3 is 6.03 Å². The van der Waals surface area contributed by atoms with Gasteiger partial charge in [-0.1, -0.05) is 62.7 Å². The zero-order valence-corrected chi connectivity index (χ0v) is 20.5. The molecule has 0 bridgehead atoms. The van der Waals surface area contributed by atoms with Crippen LogP contribution in [0.15, 0.2) is 53.4 Å². The normalized spacial score (nSPS) is 18.3. The fourth-order valence-corrected chi connectivity index (χ4v) is 6.33. The van der Waals surface area contributed by atoms with Gasteiger partial charge in [-0.2, -0.15) is 0 Å². The summed E-state index contributed by atoms with van der Waals surface area (Å²) in [6.45, 7) is 8.24. The van der Waals surface area contributed by atoms with E-state index in [9.17, 15) is 21.6 Å². The predicted octanol–water partition coefficient (Wildman–Crippen LogP) is 3.38. The number of nitrogens with zero attached hydrogens (tertiary/aromatic N) is 1. The molecule has 2 aromatic rings. The van der Waals surface area contributed by atoms with Gasteiger partial charge in [0.1, 0.15) is 0 Å². The van der Waals surface area contributed by atoms with Crippen molar-refractivity contribution in [2.75, 3.05) is 11.5 Å². The van der Waals surface area contributed by atoms with Gasteiger partial charge < -0.3 is 4.90 Å². The van der Waals surface area contributed by atoms with Crippen LogP contribution in [-0.4, -0.2) is 45.3 Å². The second-order valence-electron chi connectivity index (χ2n) is 9.36. The zero-order valence-electron chi connectivity index (χ0n) is 18.8. The van der Waals surface area contributed by atoms with Crippen LogP contribution in [0.4, 0.5) is 4.79 Å². The molecular weight excluding hydrogens is 448 g/mol. The average Bonchev–Trinajstić information content (AvgIpc) is 3.05. The molecular formula is C23H30N2O5S2. The smallest absolute Gasteiger partial charge is 0.316 e. The van der Waals surface area contributed by atoms with E-state index >= 15 is 0 Å². The van der Waals surface area contributed by atoms with E-state index in [0.29, 0.717) is 0 Å². The molecule has 7 nitrogen and oxygen atoms in total. The van der Waals surface area contributed by atoms with Crippen LogP contribution < -0.4 is 4.72 Å². The molecule has 1 atom stereocenters. The molecule has 1 aliphatic heterocycles. The lowest BCUT2D eigenvalue weighted by Crippen LogP contribution is -2.48. The maximum absolute atomic E-state index is 13.1. The highest BCUT2D eigenvalue weighted by Gasteiger charge is 2.36. The Balaban J connectivity index is 1.85. The Morgan fingerprint density at radius 1 is 1.06 bits per heavy atom. The Kier molecular flexibility index (Phi) is 6.72. The number of sulfonamides is 1. The molecule has 1 unspecified atom stereocenters. The first kappa shape index (κ1) is 24.3. The van der Waals surface area contributed by atoms with Gasteiger partial charge in [-0.25, -0.2) is 26.4 Å². The molecule has 0 aliphatic carbocycles. The van der Waals surface area contributed by atoms with E-state index in [1.807, 2.05) is 31.2 Å². The van der Waals surface area contributed by atoms with Gasteiger partial charge in [0, 0.05) is 12.6 Å². The Morgan fingerprint density at radius 3 is 2.16 bits per heavy atom. The molecule has 0 saturated carbocycles. The van der Waals surface area contributed by atoms with Crippen LogP contribution in [0, 0.1) is 6.92 Å². The van der Waals surface area contributed by atoms with Crippen molar-refractivity contribution in [1.82, 2.24) is 9.62 Å². The summed E-state index contributed by atoms with van der Waals surface area (Å²) in [7, 11) is -7.35. The highest BCUT2D eigenvalue weighted by Crippen LogP contribution is 2.24. The highest BCUT2D eigenvalue weighted by molar-refractivity contribution is 7.91. The second-order valence-corrected chi connectivity index (χ2v) is 13.3. The van der Waals surface area contributed by atoms with Gasteiger partial charge in [-0.05, 0) is 42.0 Å². The maximum Gasteiger partial charge on any atom is 0.331 e. The number of hydrogen-bond donors (Lipinski definition) is 1. The van der Waals surface area contributed by atoms with Gasteiger partial charge in [-0.3, -0.25) is 0 Å². The van der Waals surface area contributed by atoms with E-state index in [-0.39, 0.29) is 34.8 Å². The SMILES string of the molecule is Cc1ccc(S(=O)(=O)NC(=O)N(Cc2ccc(C(C)(C)C)cc2)C2CCS(=O)(=O)C2)cc1. The molecule has 2 aromatic carbocycles. The van der Waals surface area contributed by atoms with Crippen molar-refractivity contribution in [2.24, 2.45) is 0 Å². The fraction of sp³-hybridized carbons (Fsp3) is 0.435. The number of urea groups is 1. The van der Waals surface area contributed by atoms with Crippen molar-refractivity contribution in [3.63, 3.8) is 0 Å². The summed E-state index contributed by atoms with van der Waals surface area (Å²) in [6.07, 6.45) is 0.278.